The first-order valence-corrected chi connectivity index (χ1v) is 6.00. The number of fused-ring (bicyclic) bond motifs is 1. The van der Waals surface area contributed by atoms with E-state index in [9.17, 15) is 0 Å². The van der Waals surface area contributed by atoms with Gasteiger partial charge in [0.15, 0.2) is 11.5 Å². The van der Waals surface area contributed by atoms with Gasteiger partial charge in [0, 0.05) is 12.0 Å². The molecule has 4 nitrogen and oxygen atoms in total. The smallest absolute Gasteiger partial charge is 0.169 e. The predicted octanol–water partition coefficient (Wildman–Crippen LogP) is 1.80. The lowest BCUT2D eigenvalue weighted by molar-refractivity contribution is 0.294. The minimum atomic E-state index is -0.287. The van der Waals surface area contributed by atoms with Gasteiger partial charge in [-0.1, -0.05) is 0 Å². The Bertz CT molecular complexity index is 441. The van der Waals surface area contributed by atoms with Crippen LogP contribution in [0.5, 0.6) is 17.2 Å². The number of ether oxygens (including phenoxy) is 3. The Hall–Kier alpha value is -1.42. The van der Waals surface area contributed by atoms with Gasteiger partial charge in [-0.25, -0.2) is 0 Å². The SMILES string of the molecule is COc1ccc2c(c1C1(N)CC1)OCCCO2. The van der Waals surface area contributed by atoms with Crippen LogP contribution < -0.4 is 19.9 Å². The van der Waals surface area contributed by atoms with Gasteiger partial charge >= 0.3 is 0 Å². The van der Waals surface area contributed by atoms with E-state index in [4.69, 9.17) is 19.9 Å². The van der Waals surface area contributed by atoms with Gasteiger partial charge in [0.25, 0.3) is 0 Å². The summed E-state index contributed by atoms with van der Waals surface area (Å²) in [7, 11) is 1.66. The summed E-state index contributed by atoms with van der Waals surface area (Å²) >= 11 is 0. The van der Waals surface area contributed by atoms with Crippen molar-refractivity contribution in [2.45, 2.75) is 24.8 Å². The highest BCUT2D eigenvalue weighted by Crippen LogP contribution is 2.53. The molecule has 0 amide bonds. The molecule has 1 saturated carbocycles. The molecule has 92 valence electrons. The van der Waals surface area contributed by atoms with E-state index < -0.39 is 0 Å². The molecule has 2 N–H and O–H groups in total. The summed E-state index contributed by atoms with van der Waals surface area (Å²) in [5.41, 5.74) is 6.99. The zero-order chi connectivity index (χ0) is 11.9. The summed E-state index contributed by atoms with van der Waals surface area (Å²) in [5.74, 6) is 2.37. The molecule has 1 aromatic rings. The van der Waals surface area contributed by atoms with Crippen LogP contribution in [-0.2, 0) is 5.54 Å². The van der Waals surface area contributed by atoms with E-state index in [1.165, 1.54) is 0 Å². The van der Waals surface area contributed by atoms with Crippen LogP contribution in [0.3, 0.4) is 0 Å². The Morgan fingerprint density at radius 2 is 2.00 bits per heavy atom. The van der Waals surface area contributed by atoms with Crippen molar-refractivity contribution in [1.82, 2.24) is 0 Å². The summed E-state index contributed by atoms with van der Waals surface area (Å²) in [5, 5.41) is 0. The molecule has 0 saturated heterocycles. The van der Waals surface area contributed by atoms with Crippen molar-refractivity contribution in [2.24, 2.45) is 5.73 Å². The van der Waals surface area contributed by atoms with Crippen LogP contribution >= 0.6 is 0 Å². The first kappa shape index (κ1) is 10.7. The van der Waals surface area contributed by atoms with Crippen LogP contribution in [0.25, 0.3) is 0 Å². The highest BCUT2D eigenvalue weighted by molar-refractivity contribution is 5.59. The number of benzene rings is 1. The maximum absolute atomic E-state index is 6.30. The quantitative estimate of drug-likeness (QED) is 0.849. The second kappa shape index (κ2) is 3.81. The number of hydrogen-bond acceptors (Lipinski definition) is 4. The molecule has 1 heterocycles. The van der Waals surface area contributed by atoms with Crippen molar-refractivity contribution in [3.8, 4) is 17.2 Å². The Balaban J connectivity index is 2.14. The molecule has 17 heavy (non-hydrogen) atoms. The third-order valence-electron chi connectivity index (χ3n) is 3.38. The number of nitrogens with two attached hydrogens (primary N) is 1. The van der Waals surface area contributed by atoms with E-state index in [-0.39, 0.29) is 5.54 Å². The first-order valence-electron chi connectivity index (χ1n) is 6.00. The minimum Gasteiger partial charge on any atom is -0.496 e. The Morgan fingerprint density at radius 3 is 2.71 bits per heavy atom. The molecular weight excluding hydrogens is 218 g/mol. The molecule has 0 radical (unpaired) electrons. The highest BCUT2D eigenvalue weighted by atomic mass is 16.5. The number of rotatable bonds is 2. The summed E-state index contributed by atoms with van der Waals surface area (Å²) < 4.78 is 16.9. The van der Waals surface area contributed by atoms with Crippen LogP contribution in [0.15, 0.2) is 12.1 Å². The van der Waals surface area contributed by atoms with Gasteiger partial charge < -0.3 is 19.9 Å². The average Bonchev–Trinajstić information content (AvgIpc) is 3.11. The Morgan fingerprint density at radius 1 is 1.24 bits per heavy atom. The third-order valence-corrected chi connectivity index (χ3v) is 3.38. The van der Waals surface area contributed by atoms with Crippen molar-refractivity contribution < 1.29 is 14.2 Å². The van der Waals surface area contributed by atoms with Crippen LogP contribution in [0.2, 0.25) is 0 Å². The van der Waals surface area contributed by atoms with Crippen LogP contribution in [0.4, 0.5) is 0 Å². The van der Waals surface area contributed by atoms with Gasteiger partial charge in [0.1, 0.15) is 5.75 Å². The summed E-state index contributed by atoms with van der Waals surface area (Å²) in [6.07, 6.45) is 2.85. The lowest BCUT2D eigenvalue weighted by Crippen LogP contribution is -2.21. The standard InChI is InChI=1S/C13H17NO3/c1-15-9-3-4-10-12(17-8-2-7-16-10)11(9)13(14)5-6-13/h3-4H,2,5-8,14H2,1H3. The van der Waals surface area contributed by atoms with Crippen LogP contribution in [0, 0.1) is 0 Å². The van der Waals surface area contributed by atoms with Gasteiger partial charge in [-0.15, -0.1) is 0 Å². The molecule has 1 aliphatic heterocycles. The summed E-state index contributed by atoms with van der Waals surface area (Å²) in [6.45, 7) is 1.36. The molecule has 0 unspecified atom stereocenters. The van der Waals surface area contributed by atoms with Crippen molar-refractivity contribution in [2.75, 3.05) is 20.3 Å². The van der Waals surface area contributed by atoms with E-state index in [2.05, 4.69) is 0 Å². The zero-order valence-corrected chi connectivity index (χ0v) is 9.99. The van der Waals surface area contributed by atoms with E-state index in [1.807, 2.05) is 12.1 Å². The van der Waals surface area contributed by atoms with Gasteiger partial charge in [0.05, 0.1) is 25.9 Å². The molecule has 0 spiro atoms. The fourth-order valence-corrected chi connectivity index (χ4v) is 2.24. The fraction of sp³-hybridized carbons (Fsp3) is 0.538. The average molecular weight is 235 g/mol. The van der Waals surface area contributed by atoms with Crippen molar-refractivity contribution in [1.29, 1.82) is 0 Å². The highest BCUT2D eigenvalue weighted by Gasteiger charge is 2.45. The number of methoxy groups -OCH3 is 1. The van der Waals surface area contributed by atoms with Crippen molar-refractivity contribution >= 4 is 0 Å². The molecule has 0 aromatic heterocycles. The summed E-state index contributed by atoms with van der Waals surface area (Å²) in [6, 6.07) is 3.81. The van der Waals surface area contributed by atoms with Crippen LogP contribution in [-0.4, -0.2) is 20.3 Å². The lowest BCUT2D eigenvalue weighted by Gasteiger charge is -2.20. The molecular formula is C13H17NO3. The van der Waals surface area contributed by atoms with E-state index >= 15 is 0 Å². The van der Waals surface area contributed by atoms with E-state index in [1.54, 1.807) is 7.11 Å². The molecule has 1 aromatic carbocycles. The Labute approximate surface area is 101 Å². The zero-order valence-electron chi connectivity index (χ0n) is 9.99. The normalized spacial score (nSPS) is 20.6. The predicted molar refractivity (Wildman–Crippen MR) is 63.7 cm³/mol. The van der Waals surface area contributed by atoms with E-state index in [0.717, 1.165) is 42.1 Å². The second-order valence-electron chi connectivity index (χ2n) is 4.68. The molecule has 3 rings (SSSR count). The largest absolute Gasteiger partial charge is 0.496 e. The summed E-state index contributed by atoms with van der Waals surface area (Å²) in [4.78, 5) is 0. The van der Waals surface area contributed by atoms with Crippen molar-refractivity contribution in [3.05, 3.63) is 17.7 Å². The maximum atomic E-state index is 6.30. The maximum Gasteiger partial charge on any atom is 0.169 e. The molecule has 4 heteroatoms. The van der Waals surface area contributed by atoms with Gasteiger partial charge in [-0.3, -0.25) is 0 Å². The molecule has 1 fully saturated rings. The monoisotopic (exact) mass is 235 g/mol. The van der Waals surface area contributed by atoms with Gasteiger partial charge in [-0.05, 0) is 25.0 Å². The molecule has 2 aliphatic rings. The van der Waals surface area contributed by atoms with Gasteiger partial charge in [-0.2, -0.15) is 0 Å². The molecule has 1 aliphatic carbocycles. The van der Waals surface area contributed by atoms with Crippen molar-refractivity contribution in [3.63, 3.8) is 0 Å². The molecule has 0 bridgehead atoms. The number of hydrogen-bond donors (Lipinski definition) is 1. The first-order chi connectivity index (χ1) is 8.24. The Kier molecular flexibility index (Phi) is 2.40. The minimum absolute atomic E-state index is 0.287. The topological polar surface area (TPSA) is 53.7 Å². The fourth-order valence-electron chi connectivity index (χ4n) is 2.24. The van der Waals surface area contributed by atoms with Gasteiger partial charge in [0.2, 0.25) is 0 Å². The third kappa shape index (κ3) is 1.72. The van der Waals surface area contributed by atoms with E-state index in [0.29, 0.717) is 13.2 Å². The van der Waals surface area contributed by atoms with Crippen LogP contribution in [0.1, 0.15) is 24.8 Å². The molecule has 0 atom stereocenters. The lowest BCUT2D eigenvalue weighted by atomic mass is 10.0. The second-order valence-corrected chi connectivity index (χ2v) is 4.68.